The Bertz CT molecular complexity index is 468. The summed E-state index contributed by atoms with van der Waals surface area (Å²) in [7, 11) is 0. The van der Waals surface area contributed by atoms with Crippen molar-refractivity contribution in [2.75, 3.05) is 0 Å². The maximum Gasteiger partial charge on any atom is 0.132 e. The Balaban J connectivity index is 1.96. The van der Waals surface area contributed by atoms with Gasteiger partial charge in [-0.05, 0) is 18.9 Å². The van der Waals surface area contributed by atoms with Crippen LogP contribution in [0.3, 0.4) is 0 Å². The van der Waals surface area contributed by atoms with E-state index in [0.29, 0.717) is 5.88 Å². The highest BCUT2D eigenvalue weighted by Crippen LogP contribution is 2.14. The lowest BCUT2D eigenvalue weighted by Crippen LogP contribution is -1.91. The number of halogens is 1. The van der Waals surface area contributed by atoms with Crippen molar-refractivity contribution in [3.8, 4) is 0 Å². The minimum Gasteiger partial charge on any atom is -0.144 e. The van der Waals surface area contributed by atoms with Crippen LogP contribution in [0, 0.1) is 6.92 Å². The van der Waals surface area contributed by atoms with Gasteiger partial charge in [0.15, 0.2) is 0 Å². The predicted octanol–water partition coefficient (Wildman–Crippen LogP) is 3.37. The molecule has 1 aromatic carbocycles. The van der Waals surface area contributed by atoms with Gasteiger partial charge in [-0.25, -0.2) is 0 Å². The SMILES string of the molecule is Cc1cccc(CCc2nnc(CCl)s2)c1. The van der Waals surface area contributed by atoms with Gasteiger partial charge in [-0.3, -0.25) is 0 Å². The summed E-state index contributed by atoms with van der Waals surface area (Å²) < 4.78 is 0. The van der Waals surface area contributed by atoms with Crippen LogP contribution in [-0.2, 0) is 18.7 Å². The molecule has 2 rings (SSSR count). The standard InChI is InChI=1S/C12H13ClN2S/c1-9-3-2-4-10(7-9)5-6-11-14-15-12(8-13)16-11/h2-4,7H,5-6,8H2,1H3. The van der Waals surface area contributed by atoms with Gasteiger partial charge in [-0.1, -0.05) is 29.8 Å². The van der Waals surface area contributed by atoms with Crippen LogP contribution < -0.4 is 0 Å². The lowest BCUT2D eigenvalue weighted by Gasteiger charge is -1.99. The molecule has 0 amide bonds. The molecular formula is C12H13ClN2S. The largest absolute Gasteiger partial charge is 0.144 e. The second-order valence-electron chi connectivity index (χ2n) is 3.71. The fourth-order valence-corrected chi connectivity index (χ4v) is 2.47. The molecule has 0 aliphatic carbocycles. The van der Waals surface area contributed by atoms with E-state index in [9.17, 15) is 0 Å². The minimum absolute atomic E-state index is 0.460. The maximum absolute atomic E-state index is 5.69. The monoisotopic (exact) mass is 252 g/mol. The second-order valence-corrected chi connectivity index (χ2v) is 5.13. The lowest BCUT2D eigenvalue weighted by atomic mass is 10.1. The molecule has 84 valence electrons. The zero-order chi connectivity index (χ0) is 11.4. The van der Waals surface area contributed by atoms with E-state index in [-0.39, 0.29) is 0 Å². The normalized spacial score (nSPS) is 10.6. The van der Waals surface area contributed by atoms with Gasteiger partial charge in [0.05, 0.1) is 5.88 Å². The average Bonchev–Trinajstić information content (AvgIpc) is 2.74. The van der Waals surface area contributed by atoms with Gasteiger partial charge >= 0.3 is 0 Å². The molecule has 0 aliphatic heterocycles. The van der Waals surface area contributed by atoms with Gasteiger partial charge in [-0.2, -0.15) is 0 Å². The van der Waals surface area contributed by atoms with Gasteiger partial charge in [0.25, 0.3) is 0 Å². The topological polar surface area (TPSA) is 25.8 Å². The van der Waals surface area contributed by atoms with E-state index in [1.807, 2.05) is 0 Å². The number of nitrogens with zero attached hydrogens (tertiary/aromatic N) is 2. The molecule has 1 aromatic heterocycles. The van der Waals surface area contributed by atoms with Crippen molar-refractivity contribution in [2.24, 2.45) is 0 Å². The molecule has 0 radical (unpaired) electrons. The van der Waals surface area contributed by atoms with Gasteiger partial charge < -0.3 is 0 Å². The molecule has 0 bridgehead atoms. The fourth-order valence-electron chi connectivity index (χ4n) is 1.56. The van der Waals surface area contributed by atoms with Crippen LogP contribution in [0.2, 0.25) is 0 Å². The van der Waals surface area contributed by atoms with Crippen molar-refractivity contribution in [1.82, 2.24) is 10.2 Å². The first-order valence-corrected chi connectivity index (χ1v) is 6.56. The van der Waals surface area contributed by atoms with E-state index in [0.717, 1.165) is 22.9 Å². The van der Waals surface area contributed by atoms with Gasteiger partial charge in [0.2, 0.25) is 0 Å². The van der Waals surface area contributed by atoms with Gasteiger partial charge in [0.1, 0.15) is 10.0 Å². The molecule has 4 heteroatoms. The highest BCUT2D eigenvalue weighted by molar-refractivity contribution is 7.11. The molecule has 0 fully saturated rings. The summed E-state index contributed by atoms with van der Waals surface area (Å²) in [6, 6.07) is 8.56. The zero-order valence-electron chi connectivity index (χ0n) is 9.11. The number of hydrogen-bond acceptors (Lipinski definition) is 3. The van der Waals surface area contributed by atoms with Crippen LogP contribution in [0.5, 0.6) is 0 Å². The summed E-state index contributed by atoms with van der Waals surface area (Å²) in [6.07, 6.45) is 1.95. The molecule has 0 saturated carbocycles. The average molecular weight is 253 g/mol. The van der Waals surface area contributed by atoms with Crippen molar-refractivity contribution in [3.05, 3.63) is 45.4 Å². The van der Waals surface area contributed by atoms with Crippen LogP contribution in [0.15, 0.2) is 24.3 Å². The third-order valence-electron chi connectivity index (χ3n) is 2.33. The fraction of sp³-hybridized carbons (Fsp3) is 0.333. The van der Waals surface area contributed by atoms with Gasteiger partial charge in [-0.15, -0.1) is 33.1 Å². The second kappa shape index (κ2) is 5.41. The third kappa shape index (κ3) is 3.03. The molecule has 0 saturated heterocycles. The third-order valence-corrected chi connectivity index (χ3v) is 3.73. The Kier molecular flexibility index (Phi) is 3.91. The molecule has 2 nitrogen and oxygen atoms in total. The van der Waals surface area contributed by atoms with E-state index in [1.165, 1.54) is 11.1 Å². The van der Waals surface area contributed by atoms with Crippen molar-refractivity contribution in [1.29, 1.82) is 0 Å². The van der Waals surface area contributed by atoms with Crippen molar-refractivity contribution >= 4 is 22.9 Å². The van der Waals surface area contributed by atoms with E-state index in [4.69, 9.17) is 11.6 Å². The number of benzene rings is 1. The number of aryl methyl sites for hydroxylation is 3. The van der Waals surface area contributed by atoms with Crippen LogP contribution in [0.25, 0.3) is 0 Å². The van der Waals surface area contributed by atoms with Crippen LogP contribution >= 0.6 is 22.9 Å². The quantitative estimate of drug-likeness (QED) is 0.780. The first-order chi connectivity index (χ1) is 7.78. The molecule has 0 spiro atoms. The zero-order valence-corrected chi connectivity index (χ0v) is 10.7. The number of aromatic nitrogens is 2. The van der Waals surface area contributed by atoms with Gasteiger partial charge in [0, 0.05) is 6.42 Å². The summed E-state index contributed by atoms with van der Waals surface area (Å²) in [6.45, 7) is 2.11. The maximum atomic E-state index is 5.69. The lowest BCUT2D eigenvalue weighted by molar-refractivity contribution is 0.895. The number of rotatable bonds is 4. The van der Waals surface area contributed by atoms with Crippen molar-refractivity contribution in [2.45, 2.75) is 25.6 Å². The minimum atomic E-state index is 0.460. The highest BCUT2D eigenvalue weighted by atomic mass is 35.5. The van der Waals surface area contributed by atoms with Crippen molar-refractivity contribution < 1.29 is 0 Å². The smallest absolute Gasteiger partial charge is 0.132 e. The Morgan fingerprint density at radius 1 is 1.19 bits per heavy atom. The Labute approximate surface area is 104 Å². The van der Waals surface area contributed by atoms with E-state index >= 15 is 0 Å². The molecule has 0 N–H and O–H groups in total. The van der Waals surface area contributed by atoms with Crippen LogP contribution in [0.1, 0.15) is 21.1 Å². The van der Waals surface area contributed by atoms with Crippen LogP contribution in [0.4, 0.5) is 0 Å². The molecule has 0 unspecified atom stereocenters. The summed E-state index contributed by atoms with van der Waals surface area (Å²) in [4.78, 5) is 0. The highest BCUT2D eigenvalue weighted by Gasteiger charge is 2.03. The molecule has 0 atom stereocenters. The van der Waals surface area contributed by atoms with Crippen molar-refractivity contribution in [3.63, 3.8) is 0 Å². The molecule has 1 heterocycles. The first kappa shape index (κ1) is 11.6. The summed E-state index contributed by atoms with van der Waals surface area (Å²) in [5.41, 5.74) is 2.65. The van der Waals surface area contributed by atoms with E-state index < -0.39 is 0 Å². The number of hydrogen-bond donors (Lipinski definition) is 0. The Morgan fingerprint density at radius 2 is 2.00 bits per heavy atom. The van der Waals surface area contributed by atoms with E-state index in [1.54, 1.807) is 11.3 Å². The Hall–Kier alpha value is -0.930. The molecular weight excluding hydrogens is 240 g/mol. The van der Waals surface area contributed by atoms with Crippen LogP contribution in [-0.4, -0.2) is 10.2 Å². The molecule has 2 aromatic rings. The summed E-state index contributed by atoms with van der Waals surface area (Å²) >= 11 is 7.29. The molecule has 0 aliphatic rings. The molecule has 16 heavy (non-hydrogen) atoms. The predicted molar refractivity (Wildman–Crippen MR) is 68.1 cm³/mol. The summed E-state index contributed by atoms with van der Waals surface area (Å²) in [5, 5.41) is 10.1. The first-order valence-electron chi connectivity index (χ1n) is 5.20. The number of alkyl halides is 1. The van der Waals surface area contributed by atoms with E-state index in [2.05, 4.69) is 41.4 Å². The Morgan fingerprint density at radius 3 is 2.69 bits per heavy atom. The summed E-state index contributed by atoms with van der Waals surface area (Å²) in [5.74, 6) is 0.460.